The highest BCUT2D eigenvalue weighted by molar-refractivity contribution is 7.89. The average molecular weight is 376 g/mol. The lowest BCUT2D eigenvalue weighted by Crippen LogP contribution is -2.31. The van der Waals surface area contributed by atoms with Crippen molar-refractivity contribution in [3.63, 3.8) is 0 Å². The summed E-state index contributed by atoms with van der Waals surface area (Å²) in [5.41, 5.74) is 1.54. The summed E-state index contributed by atoms with van der Waals surface area (Å²) in [6.07, 6.45) is 0. The van der Waals surface area contributed by atoms with Crippen LogP contribution in [0.1, 0.15) is 15.9 Å². The van der Waals surface area contributed by atoms with E-state index in [1.54, 1.807) is 11.9 Å². The molecule has 0 heterocycles. The van der Waals surface area contributed by atoms with Crippen molar-refractivity contribution in [3.05, 3.63) is 59.7 Å². The Labute approximate surface area is 155 Å². The van der Waals surface area contributed by atoms with Crippen LogP contribution in [0.3, 0.4) is 0 Å². The summed E-state index contributed by atoms with van der Waals surface area (Å²) in [5, 5.41) is 0. The van der Waals surface area contributed by atoms with Crippen LogP contribution in [-0.2, 0) is 10.0 Å². The van der Waals surface area contributed by atoms with Crippen LogP contribution in [0.25, 0.3) is 0 Å². The van der Waals surface area contributed by atoms with E-state index >= 15 is 0 Å². The average Bonchev–Trinajstić information content (AvgIpc) is 2.61. The van der Waals surface area contributed by atoms with Crippen molar-refractivity contribution in [3.8, 4) is 5.75 Å². The Morgan fingerprint density at radius 1 is 1.04 bits per heavy atom. The van der Waals surface area contributed by atoms with Crippen molar-refractivity contribution in [2.24, 2.45) is 0 Å². The van der Waals surface area contributed by atoms with Gasteiger partial charge in [-0.15, -0.1) is 0 Å². The minimum atomic E-state index is -3.50. The standard InChI is InChI=1S/C19H24N2O4S/c1-15-6-5-7-17(14-15)25-13-12-21(4)19(22)16-8-10-18(11-9-16)26(23,24)20(2)3/h5-11,14H,12-13H2,1-4H3. The minimum Gasteiger partial charge on any atom is -0.492 e. The molecule has 7 heteroatoms. The molecule has 0 radical (unpaired) electrons. The largest absolute Gasteiger partial charge is 0.492 e. The summed E-state index contributed by atoms with van der Waals surface area (Å²) in [6.45, 7) is 2.78. The molecule has 0 aliphatic rings. The van der Waals surface area contributed by atoms with Gasteiger partial charge in [0.1, 0.15) is 12.4 Å². The van der Waals surface area contributed by atoms with Crippen molar-refractivity contribution >= 4 is 15.9 Å². The summed E-state index contributed by atoms with van der Waals surface area (Å²) >= 11 is 0. The van der Waals surface area contributed by atoms with E-state index in [0.29, 0.717) is 18.7 Å². The monoisotopic (exact) mass is 376 g/mol. The maximum absolute atomic E-state index is 12.4. The predicted molar refractivity (Wildman–Crippen MR) is 101 cm³/mol. The zero-order chi connectivity index (χ0) is 19.3. The van der Waals surface area contributed by atoms with Crippen LogP contribution in [0.15, 0.2) is 53.4 Å². The molecule has 0 unspecified atom stereocenters. The van der Waals surface area contributed by atoms with Gasteiger partial charge < -0.3 is 9.64 Å². The number of aryl methyl sites for hydroxylation is 1. The number of carbonyl (C=O) groups is 1. The van der Waals surface area contributed by atoms with Crippen molar-refractivity contribution in [1.82, 2.24) is 9.21 Å². The second-order valence-electron chi connectivity index (χ2n) is 6.20. The molecule has 0 saturated carbocycles. The van der Waals surface area contributed by atoms with Gasteiger partial charge in [-0.05, 0) is 48.9 Å². The maximum Gasteiger partial charge on any atom is 0.253 e. The number of ether oxygens (including phenoxy) is 1. The molecule has 26 heavy (non-hydrogen) atoms. The SMILES string of the molecule is Cc1cccc(OCCN(C)C(=O)c2ccc(S(=O)(=O)N(C)C)cc2)c1. The third-order valence-corrected chi connectivity index (χ3v) is 5.74. The van der Waals surface area contributed by atoms with Gasteiger partial charge in [0.15, 0.2) is 0 Å². The number of carbonyl (C=O) groups excluding carboxylic acids is 1. The zero-order valence-corrected chi connectivity index (χ0v) is 16.3. The predicted octanol–water partition coefficient (Wildman–Crippen LogP) is 2.40. The molecule has 0 atom stereocenters. The summed E-state index contributed by atoms with van der Waals surface area (Å²) in [5.74, 6) is 0.579. The molecule has 0 aromatic heterocycles. The first-order valence-electron chi connectivity index (χ1n) is 8.19. The molecule has 0 spiro atoms. The molecule has 0 N–H and O–H groups in total. The van der Waals surface area contributed by atoms with Crippen LogP contribution in [0.2, 0.25) is 0 Å². The lowest BCUT2D eigenvalue weighted by atomic mass is 10.2. The van der Waals surface area contributed by atoms with E-state index < -0.39 is 10.0 Å². The van der Waals surface area contributed by atoms with Gasteiger partial charge >= 0.3 is 0 Å². The maximum atomic E-state index is 12.4. The van der Waals surface area contributed by atoms with Gasteiger partial charge in [-0.3, -0.25) is 4.79 Å². The first-order chi connectivity index (χ1) is 12.2. The van der Waals surface area contributed by atoms with Crippen molar-refractivity contribution in [2.45, 2.75) is 11.8 Å². The number of nitrogens with zero attached hydrogens (tertiary/aromatic N) is 2. The molecule has 0 aliphatic carbocycles. The van der Waals surface area contributed by atoms with Crippen LogP contribution in [0, 0.1) is 6.92 Å². The summed E-state index contributed by atoms with van der Waals surface area (Å²) in [7, 11) is 1.12. The molecule has 2 aromatic carbocycles. The van der Waals surface area contributed by atoms with E-state index in [2.05, 4.69) is 0 Å². The topological polar surface area (TPSA) is 66.9 Å². The van der Waals surface area contributed by atoms with E-state index in [0.717, 1.165) is 15.6 Å². The van der Waals surface area contributed by atoms with Crippen LogP contribution in [0.5, 0.6) is 5.75 Å². The Bertz CT molecular complexity index is 861. The molecule has 1 amide bonds. The lowest BCUT2D eigenvalue weighted by molar-refractivity contribution is 0.0773. The first-order valence-corrected chi connectivity index (χ1v) is 9.63. The van der Waals surface area contributed by atoms with Gasteiger partial charge in [-0.2, -0.15) is 0 Å². The van der Waals surface area contributed by atoms with E-state index in [4.69, 9.17) is 4.74 Å². The fourth-order valence-electron chi connectivity index (χ4n) is 2.31. The molecular formula is C19H24N2O4S. The summed E-state index contributed by atoms with van der Waals surface area (Å²) < 4.78 is 30.9. The van der Waals surface area contributed by atoms with E-state index in [1.165, 1.54) is 38.4 Å². The zero-order valence-electron chi connectivity index (χ0n) is 15.5. The van der Waals surface area contributed by atoms with Crippen LogP contribution >= 0.6 is 0 Å². The van der Waals surface area contributed by atoms with E-state index in [-0.39, 0.29) is 10.8 Å². The van der Waals surface area contributed by atoms with Crippen LogP contribution < -0.4 is 4.74 Å². The lowest BCUT2D eigenvalue weighted by Gasteiger charge is -2.18. The molecule has 0 saturated heterocycles. The second kappa shape index (κ2) is 8.33. The highest BCUT2D eigenvalue weighted by Crippen LogP contribution is 2.15. The summed E-state index contributed by atoms with van der Waals surface area (Å²) in [4.78, 5) is 14.2. The molecule has 2 aromatic rings. The van der Waals surface area contributed by atoms with Crippen LogP contribution in [-0.4, -0.2) is 57.8 Å². The fourth-order valence-corrected chi connectivity index (χ4v) is 3.21. The first kappa shape index (κ1) is 19.9. The molecular weight excluding hydrogens is 352 g/mol. The van der Waals surface area contributed by atoms with Gasteiger partial charge in [0.25, 0.3) is 5.91 Å². The van der Waals surface area contributed by atoms with E-state index in [1.807, 2.05) is 31.2 Å². The Hall–Kier alpha value is -2.38. The van der Waals surface area contributed by atoms with Gasteiger partial charge in [0.05, 0.1) is 11.4 Å². The smallest absolute Gasteiger partial charge is 0.253 e. The Morgan fingerprint density at radius 2 is 1.69 bits per heavy atom. The van der Waals surface area contributed by atoms with Gasteiger partial charge in [0, 0.05) is 26.7 Å². The molecule has 0 fully saturated rings. The quantitative estimate of drug-likeness (QED) is 0.744. The molecule has 0 aliphatic heterocycles. The van der Waals surface area contributed by atoms with Crippen LogP contribution in [0.4, 0.5) is 0 Å². The molecule has 6 nitrogen and oxygen atoms in total. The minimum absolute atomic E-state index is 0.157. The molecule has 0 bridgehead atoms. The van der Waals surface area contributed by atoms with Crippen molar-refractivity contribution in [1.29, 1.82) is 0 Å². The Morgan fingerprint density at radius 3 is 2.27 bits per heavy atom. The Balaban J connectivity index is 1.95. The van der Waals surface area contributed by atoms with E-state index in [9.17, 15) is 13.2 Å². The van der Waals surface area contributed by atoms with Gasteiger partial charge in [0.2, 0.25) is 10.0 Å². The number of likely N-dealkylation sites (N-methyl/N-ethyl adjacent to an activating group) is 1. The molecule has 140 valence electrons. The number of hydrogen-bond donors (Lipinski definition) is 0. The number of amides is 1. The Kier molecular flexibility index (Phi) is 6.39. The number of benzene rings is 2. The normalized spacial score (nSPS) is 11.4. The number of rotatable bonds is 7. The van der Waals surface area contributed by atoms with Crippen molar-refractivity contribution < 1.29 is 17.9 Å². The highest BCUT2D eigenvalue weighted by Gasteiger charge is 2.18. The third kappa shape index (κ3) is 4.83. The number of hydrogen-bond acceptors (Lipinski definition) is 4. The molecule has 2 rings (SSSR count). The highest BCUT2D eigenvalue weighted by atomic mass is 32.2. The van der Waals surface area contributed by atoms with Gasteiger partial charge in [-0.25, -0.2) is 12.7 Å². The third-order valence-electron chi connectivity index (χ3n) is 3.91. The number of sulfonamides is 1. The summed E-state index contributed by atoms with van der Waals surface area (Å²) in [6, 6.07) is 13.7. The second-order valence-corrected chi connectivity index (χ2v) is 8.36. The fraction of sp³-hybridized carbons (Fsp3) is 0.316. The van der Waals surface area contributed by atoms with Gasteiger partial charge in [-0.1, -0.05) is 12.1 Å². The van der Waals surface area contributed by atoms with Crippen molar-refractivity contribution in [2.75, 3.05) is 34.3 Å².